The van der Waals surface area contributed by atoms with Crippen LogP contribution in [0.15, 0.2) is 78.9 Å². The summed E-state index contributed by atoms with van der Waals surface area (Å²) in [6, 6.07) is 23.4. The molecule has 0 aromatic heterocycles. The van der Waals surface area contributed by atoms with E-state index in [-0.39, 0.29) is 12.5 Å². The van der Waals surface area contributed by atoms with E-state index in [1.807, 2.05) is 30.3 Å². The summed E-state index contributed by atoms with van der Waals surface area (Å²) in [7, 11) is -3.44. The summed E-state index contributed by atoms with van der Waals surface area (Å²) >= 11 is 5.87. The normalized spacial score (nSPS) is 11.1. The standard InChI is InChI=1S/C23H23ClN2O3S/c1-30(28,29)26(22-5-3-2-4-6-22)17-19-7-11-20(12-8-19)23(27)25-16-15-18-9-13-21(24)14-10-18/h2-14H,15-17H2,1H3,(H,25,27). The third-order valence-corrected chi connectivity index (χ3v) is 5.99. The second kappa shape index (κ2) is 9.78. The van der Waals surface area contributed by atoms with Gasteiger partial charge in [-0.15, -0.1) is 0 Å². The maximum atomic E-state index is 12.4. The summed E-state index contributed by atoms with van der Waals surface area (Å²) in [5.74, 6) is -0.168. The first-order valence-corrected chi connectivity index (χ1v) is 11.7. The Labute approximate surface area is 182 Å². The third kappa shape index (κ3) is 6.08. The van der Waals surface area contributed by atoms with Crippen LogP contribution < -0.4 is 9.62 Å². The van der Waals surface area contributed by atoms with Gasteiger partial charge in [0, 0.05) is 17.1 Å². The zero-order chi connectivity index (χ0) is 21.6. The minimum absolute atomic E-state index is 0.168. The van der Waals surface area contributed by atoms with Crippen LogP contribution in [0.4, 0.5) is 5.69 Å². The Hall–Kier alpha value is -2.83. The molecule has 3 aromatic carbocycles. The highest BCUT2D eigenvalue weighted by Crippen LogP contribution is 2.20. The lowest BCUT2D eigenvalue weighted by Gasteiger charge is -2.22. The van der Waals surface area contributed by atoms with Gasteiger partial charge in [0.05, 0.1) is 18.5 Å². The molecule has 0 unspecified atom stereocenters. The summed E-state index contributed by atoms with van der Waals surface area (Å²) in [6.07, 6.45) is 1.89. The predicted octanol–water partition coefficient (Wildman–Crippen LogP) is 4.28. The van der Waals surface area contributed by atoms with Crippen molar-refractivity contribution in [3.05, 3.63) is 101 Å². The lowest BCUT2D eigenvalue weighted by atomic mass is 10.1. The molecule has 1 amide bonds. The molecular weight excluding hydrogens is 420 g/mol. The Balaban J connectivity index is 1.60. The highest BCUT2D eigenvalue weighted by atomic mass is 35.5. The fourth-order valence-electron chi connectivity index (χ4n) is 3.00. The number of halogens is 1. The molecule has 0 atom stereocenters. The number of benzene rings is 3. The maximum Gasteiger partial charge on any atom is 0.251 e. The highest BCUT2D eigenvalue weighted by molar-refractivity contribution is 7.92. The van der Waals surface area contributed by atoms with Crippen LogP contribution in [0.25, 0.3) is 0 Å². The van der Waals surface area contributed by atoms with Crippen molar-refractivity contribution in [2.75, 3.05) is 17.1 Å². The molecule has 0 radical (unpaired) electrons. The van der Waals surface area contributed by atoms with E-state index >= 15 is 0 Å². The number of carbonyl (C=O) groups is 1. The van der Waals surface area contributed by atoms with Crippen molar-refractivity contribution < 1.29 is 13.2 Å². The van der Waals surface area contributed by atoms with Gasteiger partial charge in [-0.25, -0.2) is 8.42 Å². The van der Waals surface area contributed by atoms with Gasteiger partial charge in [-0.3, -0.25) is 9.10 Å². The van der Waals surface area contributed by atoms with Crippen LogP contribution in [0.3, 0.4) is 0 Å². The van der Waals surface area contributed by atoms with Gasteiger partial charge in [0.15, 0.2) is 0 Å². The van der Waals surface area contributed by atoms with Crippen molar-refractivity contribution in [1.29, 1.82) is 0 Å². The number of hydrogen-bond donors (Lipinski definition) is 1. The van der Waals surface area contributed by atoms with Crippen molar-refractivity contribution in [3.63, 3.8) is 0 Å². The topological polar surface area (TPSA) is 66.5 Å². The molecule has 0 aliphatic heterocycles. The van der Waals surface area contributed by atoms with E-state index in [9.17, 15) is 13.2 Å². The van der Waals surface area contributed by atoms with Crippen LogP contribution in [0, 0.1) is 0 Å². The molecule has 1 N–H and O–H groups in total. The fraction of sp³-hybridized carbons (Fsp3) is 0.174. The highest BCUT2D eigenvalue weighted by Gasteiger charge is 2.17. The van der Waals surface area contributed by atoms with E-state index in [0.29, 0.717) is 29.2 Å². The van der Waals surface area contributed by atoms with Gasteiger partial charge in [0.25, 0.3) is 5.91 Å². The van der Waals surface area contributed by atoms with Crippen LogP contribution >= 0.6 is 11.6 Å². The summed E-state index contributed by atoms with van der Waals surface area (Å²) in [5.41, 5.74) is 3.02. The largest absolute Gasteiger partial charge is 0.352 e. The van der Waals surface area contributed by atoms with Gasteiger partial charge in [0.1, 0.15) is 0 Å². The summed E-state index contributed by atoms with van der Waals surface area (Å²) < 4.78 is 25.8. The monoisotopic (exact) mass is 442 g/mol. The van der Waals surface area contributed by atoms with E-state index in [4.69, 9.17) is 11.6 Å². The Morgan fingerprint density at radius 1 is 0.900 bits per heavy atom. The predicted molar refractivity (Wildman–Crippen MR) is 121 cm³/mol. The summed E-state index contributed by atoms with van der Waals surface area (Å²) in [5, 5.41) is 3.58. The molecule has 5 nitrogen and oxygen atoms in total. The van der Waals surface area contributed by atoms with E-state index in [2.05, 4.69) is 5.32 Å². The number of hydrogen-bond acceptors (Lipinski definition) is 3. The Bertz CT molecular complexity index is 1080. The first-order valence-electron chi connectivity index (χ1n) is 9.47. The lowest BCUT2D eigenvalue weighted by Crippen LogP contribution is -2.29. The second-order valence-electron chi connectivity index (χ2n) is 6.93. The molecule has 0 aliphatic carbocycles. The number of nitrogens with one attached hydrogen (secondary N) is 1. The van der Waals surface area contributed by atoms with Crippen LogP contribution in [-0.2, 0) is 23.0 Å². The quantitative estimate of drug-likeness (QED) is 0.566. The SMILES string of the molecule is CS(=O)(=O)N(Cc1ccc(C(=O)NCCc2ccc(Cl)cc2)cc1)c1ccccc1. The summed E-state index contributed by atoms with van der Waals surface area (Å²) in [6.45, 7) is 0.708. The molecule has 30 heavy (non-hydrogen) atoms. The van der Waals surface area contributed by atoms with Crippen molar-refractivity contribution in [2.45, 2.75) is 13.0 Å². The van der Waals surface area contributed by atoms with Crippen LogP contribution in [0.2, 0.25) is 5.02 Å². The minimum Gasteiger partial charge on any atom is -0.352 e. The Kier molecular flexibility index (Phi) is 7.13. The summed E-state index contributed by atoms with van der Waals surface area (Å²) in [4.78, 5) is 12.4. The Morgan fingerprint density at radius 3 is 2.10 bits per heavy atom. The smallest absolute Gasteiger partial charge is 0.251 e. The van der Waals surface area contributed by atoms with E-state index in [1.54, 1.807) is 48.5 Å². The number of carbonyl (C=O) groups excluding carboxylic acids is 1. The number of nitrogens with zero attached hydrogens (tertiary/aromatic N) is 1. The zero-order valence-electron chi connectivity index (χ0n) is 16.6. The van der Waals surface area contributed by atoms with Crippen molar-refractivity contribution in [2.24, 2.45) is 0 Å². The van der Waals surface area contributed by atoms with Crippen LogP contribution in [0.1, 0.15) is 21.5 Å². The molecule has 0 spiro atoms. The van der Waals surface area contributed by atoms with Crippen molar-refractivity contribution in [3.8, 4) is 0 Å². The molecule has 0 bridgehead atoms. The molecule has 0 heterocycles. The van der Waals surface area contributed by atoms with Crippen LogP contribution in [-0.4, -0.2) is 27.1 Å². The van der Waals surface area contributed by atoms with E-state index < -0.39 is 10.0 Å². The average molecular weight is 443 g/mol. The van der Waals surface area contributed by atoms with Gasteiger partial charge in [0.2, 0.25) is 10.0 Å². The van der Waals surface area contributed by atoms with Gasteiger partial charge < -0.3 is 5.32 Å². The number of rotatable bonds is 8. The second-order valence-corrected chi connectivity index (χ2v) is 9.28. The number of anilines is 1. The first kappa shape index (κ1) is 21.9. The molecule has 3 aromatic rings. The van der Waals surface area contributed by atoms with Gasteiger partial charge in [-0.1, -0.05) is 54.1 Å². The molecule has 0 aliphatic rings. The first-order chi connectivity index (χ1) is 14.3. The van der Waals surface area contributed by atoms with Crippen LogP contribution in [0.5, 0.6) is 0 Å². The number of para-hydroxylation sites is 1. The molecule has 0 saturated heterocycles. The number of amides is 1. The fourth-order valence-corrected chi connectivity index (χ4v) is 4.01. The van der Waals surface area contributed by atoms with Gasteiger partial charge in [-0.2, -0.15) is 0 Å². The van der Waals surface area contributed by atoms with Gasteiger partial charge in [-0.05, 0) is 53.9 Å². The molecule has 3 rings (SSSR count). The zero-order valence-corrected chi connectivity index (χ0v) is 18.2. The average Bonchev–Trinajstić information content (AvgIpc) is 2.73. The lowest BCUT2D eigenvalue weighted by molar-refractivity contribution is 0.0954. The number of sulfonamides is 1. The molecule has 0 saturated carbocycles. The van der Waals surface area contributed by atoms with E-state index in [0.717, 1.165) is 11.1 Å². The van der Waals surface area contributed by atoms with Crippen molar-refractivity contribution >= 4 is 33.2 Å². The van der Waals surface area contributed by atoms with E-state index in [1.165, 1.54) is 10.6 Å². The third-order valence-electron chi connectivity index (χ3n) is 4.60. The van der Waals surface area contributed by atoms with Crippen molar-refractivity contribution in [1.82, 2.24) is 5.32 Å². The maximum absolute atomic E-state index is 12.4. The minimum atomic E-state index is -3.44. The molecule has 7 heteroatoms. The molecular formula is C23H23ClN2O3S. The Morgan fingerprint density at radius 2 is 1.50 bits per heavy atom. The molecule has 156 valence electrons. The van der Waals surface area contributed by atoms with Gasteiger partial charge >= 0.3 is 0 Å². The molecule has 0 fully saturated rings.